The molecule has 0 aliphatic heterocycles. The van der Waals surface area contributed by atoms with Gasteiger partial charge in [-0.2, -0.15) is 4.72 Å². The van der Waals surface area contributed by atoms with E-state index in [1.807, 2.05) is 27.3 Å². The molecule has 110 valence electrons. The van der Waals surface area contributed by atoms with E-state index in [1.165, 1.54) is 12.1 Å². The number of hydrogen-bond donors (Lipinski definition) is 3. The quantitative estimate of drug-likeness (QED) is 0.555. The van der Waals surface area contributed by atoms with Gasteiger partial charge < -0.3 is 10.8 Å². The van der Waals surface area contributed by atoms with E-state index in [9.17, 15) is 18.0 Å². The molecule has 1 rings (SSSR count). The van der Waals surface area contributed by atoms with Crippen LogP contribution in [0.25, 0.3) is 0 Å². The number of rotatable bonds is 7. The molecule has 0 saturated carbocycles. The Balaban J connectivity index is 2.88. The highest BCUT2D eigenvalue weighted by Gasteiger charge is 2.25. The Morgan fingerprint density at radius 1 is 1.30 bits per heavy atom. The van der Waals surface area contributed by atoms with Gasteiger partial charge in [-0.3, -0.25) is 9.59 Å². The minimum Gasteiger partial charge on any atom is -0.480 e. The highest BCUT2D eigenvalue weighted by atomic mass is 127. The van der Waals surface area contributed by atoms with Gasteiger partial charge in [0.25, 0.3) is 0 Å². The molecule has 0 aliphatic rings. The molecule has 20 heavy (non-hydrogen) atoms. The van der Waals surface area contributed by atoms with Crippen molar-refractivity contribution in [1.82, 2.24) is 4.72 Å². The molecule has 0 spiro atoms. The second-order valence-electron chi connectivity index (χ2n) is 3.97. The van der Waals surface area contributed by atoms with Gasteiger partial charge in [0.1, 0.15) is 6.04 Å². The van der Waals surface area contributed by atoms with E-state index < -0.39 is 27.9 Å². The van der Waals surface area contributed by atoms with E-state index >= 15 is 0 Å². The molecule has 0 unspecified atom stereocenters. The third-order valence-electron chi connectivity index (χ3n) is 2.40. The smallest absolute Gasteiger partial charge is 0.321 e. The number of carbonyl (C=O) groups is 2. The maximum atomic E-state index is 12.0. The molecule has 0 aromatic heterocycles. The Morgan fingerprint density at radius 2 is 1.85 bits per heavy atom. The predicted octanol–water partition coefficient (Wildman–Crippen LogP) is 0.288. The molecule has 1 atom stereocenters. The van der Waals surface area contributed by atoms with Crippen molar-refractivity contribution in [2.45, 2.75) is 23.8 Å². The number of hydrogen-bond acceptors (Lipinski definition) is 4. The zero-order valence-electron chi connectivity index (χ0n) is 10.2. The summed E-state index contributed by atoms with van der Waals surface area (Å²) in [6.45, 7) is 0. The largest absolute Gasteiger partial charge is 0.480 e. The molecule has 9 heteroatoms. The number of aliphatic carboxylic acids is 1. The number of primary amides is 1. The zero-order chi connectivity index (χ0) is 15.3. The van der Waals surface area contributed by atoms with Crippen LogP contribution in [0, 0.1) is 3.57 Å². The van der Waals surface area contributed by atoms with Crippen LogP contribution in [0.1, 0.15) is 12.8 Å². The number of carbonyl (C=O) groups excluding carboxylic acids is 1. The fraction of sp³-hybridized carbons (Fsp3) is 0.273. The lowest BCUT2D eigenvalue weighted by atomic mass is 10.2. The lowest BCUT2D eigenvalue weighted by Gasteiger charge is -2.14. The van der Waals surface area contributed by atoms with Gasteiger partial charge in [0, 0.05) is 9.99 Å². The third-order valence-corrected chi connectivity index (χ3v) is 4.61. The molecule has 1 aromatic carbocycles. The van der Waals surface area contributed by atoms with Crippen LogP contribution in [-0.2, 0) is 19.6 Å². The summed E-state index contributed by atoms with van der Waals surface area (Å²) < 4.78 is 26.9. The van der Waals surface area contributed by atoms with Gasteiger partial charge in [-0.25, -0.2) is 8.42 Å². The fourth-order valence-corrected chi connectivity index (χ4v) is 2.97. The molecule has 0 fully saturated rings. The van der Waals surface area contributed by atoms with E-state index in [0.29, 0.717) is 0 Å². The first kappa shape index (κ1) is 16.9. The van der Waals surface area contributed by atoms with Crippen LogP contribution in [0.4, 0.5) is 0 Å². The molecule has 0 saturated heterocycles. The van der Waals surface area contributed by atoms with Gasteiger partial charge in [0.2, 0.25) is 15.9 Å². The van der Waals surface area contributed by atoms with Crippen molar-refractivity contribution < 1.29 is 23.1 Å². The summed E-state index contributed by atoms with van der Waals surface area (Å²) in [5.74, 6) is -2.05. The topological polar surface area (TPSA) is 127 Å². The van der Waals surface area contributed by atoms with Gasteiger partial charge in [-0.15, -0.1) is 0 Å². The number of halogens is 1. The van der Waals surface area contributed by atoms with Gasteiger partial charge in [0.05, 0.1) is 4.90 Å². The minimum atomic E-state index is -3.96. The highest BCUT2D eigenvalue weighted by molar-refractivity contribution is 14.1. The van der Waals surface area contributed by atoms with Gasteiger partial charge in [-0.05, 0) is 53.3 Å². The average molecular weight is 412 g/mol. The monoisotopic (exact) mass is 412 g/mol. The van der Waals surface area contributed by atoms with Gasteiger partial charge in [0.15, 0.2) is 0 Å². The molecule has 1 aromatic rings. The molecular formula is C11H13IN2O5S. The molecular weight excluding hydrogens is 399 g/mol. The summed E-state index contributed by atoms with van der Waals surface area (Å²) >= 11 is 2.02. The van der Waals surface area contributed by atoms with Crippen molar-refractivity contribution in [3.63, 3.8) is 0 Å². The predicted molar refractivity (Wildman–Crippen MR) is 79.3 cm³/mol. The minimum absolute atomic E-state index is 0.0387. The average Bonchev–Trinajstić information content (AvgIpc) is 2.34. The highest BCUT2D eigenvalue weighted by Crippen LogP contribution is 2.13. The number of carboxylic acid groups (broad SMARTS) is 1. The molecule has 0 bridgehead atoms. The number of carboxylic acids is 1. The van der Waals surface area contributed by atoms with Crippen LogP contribution in [0.5, 0.6) is 0 Å². The maximum absolute atomic E-state index is 12.0. The SMILES string of the molecule is NC(=O)CC[C@H](NS(=O)(=O)c1ccc(I)cc1)C(=O)O. The van der Waals surface area contributed by atoms with Crippen molar-refractivity contribution in [3.8, 4) is 0 Å². The van der Waals surface area contributed by atoms with E-state index in [-0.39, 0.29) is 17.7 Å². The number of amides is 1. The summed E-state index contributed by atoms with van der Waals surface area (Å²) in [7, 11) is -3.96. The van der Waals surface area contributed by atoms with Crippen molar-refractivity contribution in [1.29, 1.82) is 0 Å². The number of sulfonamides is 1. The standard InChI is InChI=1S/C11H13IN2O5S/c12-7-1-3-8(4-2-7)20(18,19)14-9(11(16)17)5-6-10(13)15/h1-4,9,14H,5-6H2,(H2,13,15)(H,16,17)/t9-/m0/s1. The van der Waals surface area contributed by atoms with Crippen LogP contribution in [0.2, 0.25) is 0 Å². The Labute approximate surface area is 129 Å². The van der Waals surface area contributed by atoms with Crippen LogP contribution in [0.15, 0.2) is 29.2 Å². The Bertz CT molecular complexity index is 600. The van der Waals surface area contributed by atoms with Crippen LogP contribution in [0.3, 0.4) is 0 Å². The second kappa shape index (κ2) is 6.99. The number of nitrogens with two attached hydrogens (primary N) is 1. The summed E-state index contributed by atoms with van der Waals surface area (Å²) in [6, 6.07) is 4.53. The van der Waals surface area contributed by atoms with Crippen LogP contribution >= 0.6 is 22.6 Å². The Morgan fingerprint density at radius 3 is 2.30 bits per heavy atom. The summed E-state index contributed by atoms with van der Waals surface area (Å²) in [6.07, 6.45) is -0.416. The number of nitrogens with one attached hydrogen (secondary N) is 1. The first-order valence-corrected chi connectivity index (χ1v) is 8.07. The van der Waals surface area contributed by atoms with E-state index in [4.69, 9.17) is 10.8 Å². The van der Waals surface area contributed by atoms with E-state index in [2.05, 4.69) is 0 Å². The zero-order valence-corrected chi connectivity index (χ0v) is 13.2. The second-order valence-corrected chi connectivity index (χ2v) is 6.93. The van der Waals surface area contributed by atoms with Crippen molar-refractivity contribution in [2.24, 2.45) is 5.73 Å². The first-order valence-electron chi connectivity index (χ1n) is 5.51. The summed E-state index contributed by atoms with van der Waals surface area (Å²) in [4.78, 5) is 21.6. The van der Waals surface area contributed by atoms with E-state index in [1.54, 1.807) is 12.1 Å². The summed E-state index contributed by atoms with van der Waals surface area (Å²) in [5.41, 5.74) is 4.92. The van der Waals surface area contributed by atoms with E-state index in [0.717, 1.165) is 3.57 Å². The Kier molecular flexibility index (Phi) is 5.89. The van der Waals surface area contributed by atoms with Crippen molar-refractivity contribution in [3.05, 3.63) is 27.8 Å². The maximum Gasteiger partial charge on any atom is 0.321 e. The number of benzene rings is 1. The first-order chi connectivity index (χ1) is 9.22. The summed E-state index contributed by atoms with van der Waals surface area (Å²) in [5, 5.41) is 8.96. The van der Waals surface area contributed by atoms with Gasteiger partial charge >= 0.3 is 5.97 Å². The van der Waals surface area contributed by atoms with Crippen LogP contribution in [-0.4, -0.2) is 31.4 Å². The molecule has 1 amide bonds. The van der Waals surface area contributed by atoms with Crippen molar-refractivity contribution in [2.75, 3.05) is 0 Å². The molecule has 0 heterocycles. The molecule has 0 radical (unpaired) electrons. The van der Waals surface area contributed by atoms with Gasteiger partial charge in [-0.1, -0.05) is 0 Å². The third kappa shape index (κ3) is 5.06. The molecule has 0 aliphatic carbocycles. The Hall–Kier alpha value is -1.20. The van der Waals surface area contributed by atoms with Crippen molar-refractivity contribution >= 4 is 44.5 Å². The molecule has 4 N–H and O–H groups in total. The molecule has 7 nitrogen and oxygen atoms in total. The lowest BCUT2D eigenvalue weighted by Crippen LogP contribution is -2.41. The fourth-order valence-electron chi connectivity index (χ4n) is 1.39. The normalized spacial score (nSPS) is 12.8. The lowest BCUT2D eigenvalue weighted by molar-refractivity contribution is -0.139. The van der Waals surface area contributed by atoms with Crippen LogP contribution < -0.4 is 10.5 Å².